The number of halogens is 2. The van der Waals surface area contributed by atoms with Crippen LogP contribution in [-0.2, 0) is 10.0 Å². The molecule has 21 heavy (non-hydrogen) atoms. The zero-order valence-electron chi connectivity index (χ0n) is 12.1. The molecule has 0 radical (unpaired) electrons. The summed E-state index contributed by atoms with van der Waals surface area (Å²) in [5.74, 6) is 0.730. The van der Waals surface area contributed by atoms with Crippen molar-refractivity contribution in [2.45, 2.75) is 31.6 Å². The van der Waals surface area contributed by atoms with Crippen LogP contribution in [0, 0.1) is 17.7 Å². The third kappa shape index (κ3) is 3.76. The SMILES string of the molecule is CC(C)C1CCN(c2c(F)cc(S(N)(=O)=O)cc2Br)CC1. The van der Waals surface area contributed by atoms with Crippen LogP contribution in [0.5, 0.6) is 0 Å². The highest BCUT2D eigenvalue weighted by Gasteiger charge is 2.25. The number of sulfonamides is 1. The third-order valence-electron chi connectivity index (χ3n) is 4.12. The van der Waals surface area contributed by atoms with E-state index >= 15 is 0 Å². The summed E-state index contributed by atoms with van der Waals surface area (Å²) in [6.07, 6.45) is 2.03. The Morgan fingerprint density at radius 2 is 1.90 bits per heavy atom. The molecule has 2 rings (SSSR count). The van der Waals surface area contributed by atoms with Crippen LogP contribution in [-0.4, -0.2) is 21.5 Å². The van der Waals surface area contributed by atoms with E-state index in [0.717, 1.165) is 32.0 Å². The highest BCUT2D eigenvalue weighted by atomic mass is 79.9. The largest absolute Gasteiger partial charge is 0.368 e. The predicted octanol–water partition coefficient (Wildman–Crippen LogP) is 3.11. The van der Waals surface area contributed by atoms with E-state index in [9.17, 15) is 12.8 Å². The Hall–Kier alpha value is -0.660. The molecule has 0 amide bonds. The number of piperidine rings is 1. The lowest BCUT2D eigenvalue weighted by Gasteiger charge is -2.36. The lowest BCUT2D eigenvalue weighted by molar-refractivity contribution is 0.310. The van der Waals surface area contributed by atoms with E-state index in [2.05, 4.69) is 29.8 Å². The summed E-state index contributed by atoms with van der Waals surface area (Å²) in [4.78, 5) is 1.75. The second kappa shape index (κ2) is 6.22. The van der Waals surface area contributed by atoms with Gasteiger partial charge in [0.15, 0.2) is 0 Å². The first-order chi connectivity index (χ1) is 9.70. The van der Waals surface area contributed by atoms with Gasteiger partial charge in [-0.05, 0) is 52.7 Å². The summed E-state index contributed by atoms with van der Waals surface area (Å²) < 4.78 is 37.4. The maximum absolute atomic E-state index is 14.3. The van der Waals surface area contributed by atoms with Crippen LogP contribution < -0.4 is 10.0 Å². The smallest absolute Gasteiger partial charge is 0.238 e. The van der Waals surface area contributed by atoms with Crippen molar-refractivity contribution in [1.82, 2.24) is 0 Å². The molecule has 0 atom stereocenters. The number of rotatable bonds is 3. The van der Waals surface area contributed by atoms with E-state index in [-0.39, 0.29) is 4.90 Å². The molecule has 4 nitrogen and oxygen atoms in total. The highest BCUT2D eigenvalue weighted by Crippen LogP contribution is 2.35. The van der Waals surface area contributed by atoms with Gasteiger partial charge in [0.1, 0.15) is 5.82 Å². The minimum absolute atomic E-state index is 0.215. The third-order valence-corrected chi connectivity index (χ3v) is 5.61. The van der Waals surface area contributed by atoms with Crippen molar-refractivity contribution in [2.75, 3.05) is 18.0 Å². The van der Waals surface area contributed by atoms with E-state index < -0.39 is 15.8 Å². The lowest BCUT2D eigenvalue weighted by atomic mass is 9.86. The molecule has 0 aromatic heterocycles. The van der Waals surface area contributed by atoms with Gasteiger partial charge in [0, 0.05) is 17.6 Å². The predicted molar refractivity (Wildman–Crippen MR) is 85.2 cm³/mol. The molecular weight excluding hydrogens is 359 g/mol. The molecule has 1 aromatic rings. The summed E-state index contributed by atoms with van der Waals surface area (Å²) in [5.41, 5.74) is 0.421. The number of primary sulfonamides is 1. The van der Waals surface area contributed by atoms with Crippen molar-refractivity contribution in [3.8, 4) is 0 Å². The summed E-state index contributed by atoms with van der Waals surface area (Å²) in [6, 6.07) is 2.35. The maximum Gasteiger partial charge on any atom is 0.238 e. The van der Waals surface area contributed by atoms with Gasteiger partial charge in [0.2, 0.25) is 10.0 Å². The lowest BCUT2D eigenvalue weighted by Crippen LogP contribution is -2.36. The van der Waals surface area contributed by atoms with E-state index in [0.29, 0.717) is 22.0 Å². The molecule has 1 aliphatic heterocycles. The molecule has 1 fully saturated rings. The molecule has 1 aromatic carbocycles. The van der Waals surface area contributed by atoms with Gasteiger partial charge >= 0.3 is 0 Å². The van der Waals surface area contributed by atoms with Gasteiger partial charge in [-0.15, -0.1) is 0 Å². The van der Waals surface area contributed by atoms with Gasteiger partial charge in [0.05, 0.1) is 10.6 Å². The summed E-state index contributed by atoms with van der Waals surface area (Å²) >= 11 is 3.27. The molecular formula is C14H20BrFN2O2S. The number of hydrogen-bond acceptors (Lipinski definition) is 3. The van der Waals surface area contributed by atoms with E-state index in [1.54, 1.807) is 0 Å². The quantitative estimate of drug-likeness (QED) is 0.878. The minimum atomic E-state index is -3.90. The average Bonchev–Trinajstić information content (AvgIpc) is 2.37. The highest BCUT2D eigenvalue weighted by molar-refractivity contribution is 9.10. The van der Waals surface area contributed by atoms with Crippen LogP contribution in [0.15, 0.2) is 21.5 Å². The molecule has 2 N–H and O–H groups in total. The molecule has 0 saturated carbocycles. The van der Waals surface area contributed by atoms with Gasteiger partial charge in [-0.25, -0.2) is 17.9 Å². The molecule has 1 saturated heterocycles. The Balaban J connectivity index is 2.26. The molecule has 7 heteroatoms. The fraction of sp³-hybridized carbons (Fsp3) is 0.571. The normalized spacial score (nSPS) is 17.5. The van der Waals surface area contributed by atoms with E-state index in [1.165, 1.54) is 6.07 Å². The monoisotopic (exact) mass is 378 g/mol. The Morgan fingerprint density at radius 1 is 1.33 bits per heavy atom. The Bertz CT molecular complexity index is 603. The maximum atomic E-state index is 14.3. The molecule has 0 unspecified atom stereocenters. The number of nitrogens with two attached hydrogens (primary N) is 1. The summed E-state index contributed by atoms with van der Waals surface area (Å²) in [5, 5.41) is 5.05. The van der Waals surface area contributed by atoms with Crippen LogP contribution in [0.25, 0.3) is 0 Å². The van der Waals surface area contributed by atoms with Crippen LogP contribution in [0.4, 0.5) is 10.1 Å². The topological polar surface area (TPSA) is 63.4 Å². The van der Waals surface area contributed by atoms with Crippen LogP contribution >= 0.6 is 15.9 Å². The Kier molecular flexibility index (Phi) is 4.95. The summed E-state index contributed by atoms with van der Waals surface area (Å²) in [7, 11) is -3.90. The van der Waals surface area contributed by atoms with Gasteiger partial charge in [-0.3, -0.25) is 0 Å². The first-order valence-corrected chi connectivity index (χ1v) is 9.31. The van der Waals surface area contributed by atoms with Crippen molar-refractivity contribution in [3.63, 3.8) is 0 Å². The minimum Gasteiger partial charge on any atom is -0.368 e. The van der Waals surface area contributed by atoms with Gasteiger partial charge in [0.25, 0.3) is 0 Å². The summed E-state index contributed by atoms with van der Waals surface area (Å²) in [6.45, 7) is 5.95. The van der Waals surface area contributed by atoms with Crippen molar-refractivity contribution >= 4 is 31.6 Å². The van der Waals surface area contributed by atoms with Crippen molar-refractivity contribution < 1.29 is 12.8 Å². The van der Waals surface area contributed by atoms with Crippen molar-refractivity contribution in [1.29, 1.82) is 0 Å². The van der Waals surface area contributed by atoms with E-state index in [4.69, 9.17) is 5.14 Å². The molecule has 118 valence electrons. The zero-order chi connectivity index (χ0) is 15.8. The van der Waals surface area contributed by atoms with Crippen molar-refractivity contribution in [2.24, 2.45) is 17.0 Å². The Morgan fingerprint density at radius 3 is 2.33 bits per heavy atom. The molecule has 0 spiro atoms. The second-order valence-corrected chi connectivity index (χ2v) is 8.26. The average molecular weight is 379 g/mol. The second-order valence-electron chi connectivity index (χ2n) is 5.85. The van der Waals surface area contributed by atoms with Crippen LogP contribution in [0.3, 0.4) is 0 Å². The number of anilines is 1. The van der Waals surface area contributed by atoms with Gasteiger partial charge in [-0.2, -0.15) is 0 Å². The van der Waals surface area contributed by atoms with E-state index in [1.807, 2.05) is 4.90 Å². The number of nitrogens with zero attached hydrogens (tertiary/aromatic N) is 1. The van der Waals surface area contributed by atoms with Crippen LogP contribution in [0.1, 0.15) is 26.7 Å². The first kappa shape index (κ1) is 16.7. The zero-order valence-corrected chi connectivity index (χ0v) is 14.5. The standard InChI is InChI=1S/C14H20BrFN2O2S/c1-9(2)10-3-5-18(6-4-10)14-12(15)7-11(8-13(14)16)21(17,19)20/h7-10H,3-6H2,1-2H3,(H2,17,19,20). The Labute approximate surface area is 133 Å². The van der Waals surface area contributed by atoms with Crippen LogP contribution in [0.2, 0.25) is 0 Å². The fourth-order valence-electron chi connectivity index (χ4n) is 2.80. The molecule has 1 aliphatic rings. The molecule has 1 heterocycles. The first-order valence-electron chi connectivity index (χ1n) is 6.97. The fourth-order valence-corrected chi connectivity index (χ4v) is 4.19. The molecule has 0 bridgehead atoms. The van der Waals surface area contributed by atoms with Crippen molar-refractivity contribution in [3.05, 3.63) is 22.4 Å². The van der Waals surface area contributed by atoms with Gasteiger partial charge < -0.3 is 4.90 Å². The van der Waals surface area contributed by atoms with Gasteiger partial charge in [-0.1, -0.05) is 13.8 Å². The number of benzene rings is 1. The number of hydrogen-bond donors (Lipinski definition) is 1. The molecule has 0 aliphatic carbocycles.